The first-order chi connectivity index (χ1) is 10.3. The van der Waals surface area contributed by atoms with Crippen LogP contribution in [0.1, 0.15) is 36.1 Å². The number of hydrogen-bond donors (Lipinski definition) is 1. The number of aryl methyl sites for hydroxylation is 1. The Hall–Kier alpha value is -2.12. The lowest BCUT2D eigenvalue weighted by atomic mass is 9.95. The van der Waals surface area contributed by atoms with Crippen LogP contribution in [0.15, 0.2) is 66.7 Å². The SMILES string of the molecule is CCCc1ccc(C(O)c2cccc3ccccc23)cc1. The van der Waals surface area contributed by atoms with Gasteiger partial charge in [0, 0.05) is 0 Å². The first-order valence-corrected chi connectivity index (χ1v) is 7.54. The quantitative estimate of drug-likeness (QED) is 0.720. The van der Waals surface area contributed by atoms with E-state index < -0.39 is 6.10 Å². The monoisotopic (exact) mass is 276 g/mol. The lowest BCUT2D eigenvalue weighted by Gasteiger charge is -2.14. The van der Waals surface area contributed by atoms with Gasteiger partial charge in [0.25, 0.3) is 0 Å². The molecule has 0 saturated heterocycles. The van der Waals surface area contributed by atoms with Gasteiger partial charge in [-0.25, -0.2) is 0 Å². The minimum atomic E-state index is -0.577. The summed E-state index contributed by atoms with van der Waals surface area (Å²) in [5.74, 6) is 0. The molecule has 0 spiro atoms. The largest absolute Gasteiger partial charge is 0.384 e. The van der Waals surface area contributed by atoms with Gasteiger partial charge in [0.2, 0.25) is 0 Å². The van der Waals surface area contributed by atoms with Crippen LogP contribution in [0.3, 0.4) is 0 Å². The maximum Gasteiger partial charge on any atom is 0.105 e. The molecule has 0 amide bonds. The Bertz CT molecular complexity index is 723. The van der Waals surface area contributed by atoms with Crippen molar-refractivity contribution in [1.29, 1.82) is 0 Å². The Balaban J connectivity index is 1.98. The van der Waals surface area contributed by atoms with E-state index in [1.54, 1.807) is 0 Å². The number of rotatable bonds is 4. The summed E-state index contributed by atoms with van der Waals surface area (Å²) < 4.78 is 0. The van der Waals surface area contributed by atoms with E-state index in [4.69, 9.17) is 0 Å². The van der Waals surface area contributed by atoms with Crippen molar-refractivity contribution < 1.29 is 5.11 Å². The number of fused-ring (bicyclic) bond motifs is 1. The molecule has 1 unspecified atom stereocenters. The summed E-state index contributed by atoms with van der Waals surface area (Å²) in [6.07, 6.45) is 1.65. The number of benzene rings is 3. The van der Waals surface area contributed by atoms with Gasteiger partial charge in [-0.05, 0) is 33.9 Å². The van der Waals surface area contributed by atoms with E-state index in [-0.39, 0.29) is 0 Å². The van der Waals surface area contributed by atoms with Crippen LogP contribution < -0.4 is 0 Å². The van der Waals surface area contributed by atoms with Crippen molar-refractivity contribution in [2.24, 2.45) is 0 Å². The molecule has 0 bridgehead atoms. The van der Waals surface area contributed by atoms with Crippen molar-refractivity contribution in [3.05, 3.63) is 83.4 Å². The molecule has 1 heteroatoms. The molecule has 0 saturated carbocycles. The van der Waals surface area contributed by atoms with Gasteiger partial charge in [-0.1, -0.05) is 80.1 Å². The van der Waals surface area contributed by atoms with E-state index in [1.165, 1.54) is 5.56 Å². The maximum absolute atomic E-state index is 10.7. The van der Waals surface area contributed by atoms with Crippen molar-refractivity contribution in [2.45, 2.75) is 25.9 Å². The fourth-order valence-electron chi connectivity index (χ4n) is 2.82. The summed E-state index contributed by atoms with van der Waals surface area (Å²) in [5.41, 5.74) is 3.24. The van der Waals surface area contributed by atoms with Crippen molar-refractivity contribution >= 4 is 10.8 Å². The second-order valence-corrected chi connectivity index (χ2v) is 5.46. The third-order valence-corrected chi connectivity index (χ3v) is 3.95. The molecular formula is C20H20O. The summed E-state index contributed by atoms with van der Waals surface area (Å²) in [4.78, 5) is 0. The van der Waals surface area contributed by atoms with E-state index >= 15 is 0 Å². The van der Waals surface area contributed by atoms with Crippen LogP contribution >= 0.6 is 0 Å². The fourth-order valence-corrected chi connectivity index (χ4v) is 2.82. The molecule has 0 heterocycles. The summed E-state index contributed by atoms with van der Waals surface area (Å²) in [5, 5.41) is 13.0. The van der Waals surface area contributed by atoms with Crippen LogP contribution in [0.25, 0.3) is 10.8 Å². The van der Waals surface area contributed by atoms with Gasteiger partial charge in [-0.15, -0.1) is 0 Å². The van der Waals surface area contributed by atoms with Gasteiger partial charge in [0.15, 0.2) is 0 Å². The fraction of sp³-hybridized carbons (Fsp3) is 0.200. The third kappa shape index (κ3) is 2.84. The van der Waals surface area contributed by atoms with E-state index in [0.29, 0.717) is 0 Å². The maximum atomic E-state index is 10.7. The molecule has 21 heavy (non-hydrogen) atoms. The molecule has 0 aliphatic rings. The van der Waals surface area contributed by atoms with Crippen molar-refractivity contribution in [2.75, 3.05) is 0 Å². The molecule has 0 aliphatic heterocycles. The lowest BCUT2D eigenvalue weighted by Crippen LogP contribution is -2.00. The number of aliphatic hydroxyl groups excluding tert-OH is 1. The van der Waals surface area contributed by atoms with Crippen LogP contribution in [-0.2, 0) is 6.42 Å². The van der Waals surface area contributed by atoms with Crippen LogP contribution in [0.4, 0.5) is 0 Å². The predicted octanol–water partition coefficient (Wildman–Crippen LogP) is 4.87. The molecule has 0 fully saturated rings. The van der Waals surface area contributed by atoms with Gasteiger partial charge < -0.3 is 5.11 Å². The molecular weight excluding hydrogens is 256 g/mol. The molecule has 0 aromatic heterocycles. The second kappa shape index (κ2) is 6.11. The molecule has 1 nitrogen and oxygen atoms in total. The second-order valence-electron chi connectivity index (χ2n) is 5.46. The average Bonchev–Trinajstić information content (AvgIpc) is 2.55. The standard InChI is InChI=1S/C20H20O/c1-2-6-15-11-13-17(14-12-15)20(21)19-10-5-8-16-7-3-4-9-18(16)19/h3-5,7-14,20-21H,2,6H2,1H3. The van der Waals surface area contributed by atoms with Crippen molar-refractivity contribution in [3.8, 4) is 0 Å². The zero-order valence-electron chi connectivity index (χ0n) is 12.3. The highest BCUT2D eigenvalue weighted by Gasteiger charge is 2.13. The zero-order valence-corrected chi connectivity index (χ0v) is 12.3. The van der Waals surface area contributed by atoms with Crippen molar-refractivity contribution in [1.82, 2.24) is 0 Å². The van der Waals surface area contributed by atoms with Gasteiger partial charge in [-0.2, -0.15) is 0 Å². The average molecular weight is 276 g/mol. The van der Waals surface area contributed by atoms with E-state index in [2.05, 4.69) is 37.3 Å². The minimum absolute atomic E-state index is 0.577. The van der Waals surface area contributed by atoms with Crippen LogP contribution in [0.2, 0.25) is 0 Å². The normalized spacial score (nSPS) is 12.5. The molecule has 1 N–H and O–H groups in total. The van der Waals surface area contributed by atoms with Gasteiger partial charge in [0.05, 0.1) is 0 Å². The summed E-state index contributed by atoms with van der Waals surface area (Å²) in [6.45, 7) is 2.18. The predicted molar refractivity (Wildman–Crippen MR) is 88.4 cm³/mol. The lowest BCUT2D eigenvalue weighted by molar-refractivity contribution is 0.222. The highest BCUT2D eigenvalue weighted by atomic mass is 16.3. The molecule has 3 aromatic rings. The van der Waals surface area contributed by atoms with Gasteiger partial charge in [-0.3, -0.25) is 0 Å². The first-order valence-electron chi connectivity index (χ1n) is 7.54. The third-order valence-electron chi connectivity index (χ3n) is 3.95. The van der Waals surface area contributed by atoms with E-state index in [9.17, 15) is 5.11 Å². The topological polar surface area (TPSA) is 20.2 Å². The van der Waals surface area contributed by atoms with Crippen LogP contribution in [0, 0.1) is 0 Å². The Labute approximate surface area is 125 Å². The molecule has 3 rings (SSSR count). The minimum Gasteiger partial charge on any atom is -0.384 e. The Morgan fingerprint density at radius 3 is 2.33 bits per heavy atom. The summed E-state index contributed by atoms with van der Waals surface area (Å²) in [7, 11) is 0. The Morgan fingerprint density at radius 2 is 1.57 bits per heavy atom. The van der Waals surface area contributed by atoms with Crippen molar-refractivity contribution in [3.63, 3.8) is 0 Å². The van der Waals surface area contributed by atoms with Gasteiger partial charge >= 0.3 is 0 Å². The smallest absolute Gasteiger partial charge is 0.105 e. The van der Waals surface area contributed by atoms with Crippen LogP contribution in [0.5, 0.6) is 0 Å². The molecule has 0 aliphatic carbocycles. The summed E-state index contributed by atoms with van der Waals surface area (Å²) in [6, 6.07) is 22.6. The van der Waals surface area contributed by atoms with E-state index in [0.717, 1.165) is 34.7 Å². The Morgan fingerprint density at radius 1 is 0.857 bits per heavy atom. The molecule has 0 radical (unpaired) electrons. The van der Waals surface area contributed by atoms with E-state index in [1.807, 2.05) is 36.4 Å². The molecule has 1 atom stereocenters. The van der Waals surface area contributed by atoms with Gasteiger partial charge in [0.1, 0.15) is 6.10 Å². The molecule has 3 aromatic carbocycles. The highest BCUT2D eigenvalue weighted by molar-refractivity contribution is 5.86. The summed E-state index contributed by atoms with van der Waals surface area (Å²) >= 11 is 0. The Kier molecular flexibility index (Phi) is 4.03. The number of aliphatic hydroxyl groups is 1. The zero-order chi connectivity index (χ0) is 14.7. The molecule has 106 valence electrons. The number of hydrogen-bond acceptors (Lipinski definition) is 1. The first kappa shape index (κ1) is 13.8. The van der Waals surface area contributed by atoms with Crippen LogP contribution in [-0.4, -0.2) is 5.11 Å². The highest BCUT2D eigenvalue weighted by Crippen LogP contribution is 2.29.